The fourth-order valence-electron chi connectivity index (χ4n) is 0. The van der Waals surface area contributed by atoms with Gasteiger partial charge in [-0.2, -0.15) is 0 Å². The summed E-state index contributed by atoms with van der Waals surface area (Å²) >= 11 is -17.8. The van der Waals surface area contributed by atoms with Gasteiger partial charge in [-0.05, 0) is 0 Å². The van der Waals surface area contributed by atoms with E-state index in [0.717, 1.165) is 0 Å². The maximum atomic E-state index is 8.62. The molecule has 0 aromatic carbocycles. The normalized spacial score (nSPS) is 11.2. The second kappa shape index (κ2) is 11.1. The Bertz CT molecular complexity index is 91.3. The molecule has 16 heteroatoms. The first-order valence-corrected chi connectivity index (χ1v) is 12.4. The number of rotatable bonds is 0. The summed E-state index contributed by atoms with van der Waals surface area (Å²) in [6.07, 6.45) is 0. The summed E-state index contributed by atoms with van der Waals surface area (Å²) in [5.41, 5.74) is 0. The van der Waals surface area contributed by atoms with Crippen molar-refractivity contribution in [1.82, 2.24) is 0 Å². The molecule has 0 saturated carbocycles. The second-order valence-electron chi connectivity index (χ2n) is 1.13. The molecule has 0 heterocycles. The Morgan fingerprint density at radius 1 is 0.312 bits per heavy atom. The van der Waals surface area contributed by atoms with Crippen molar-refractivity contribution in [3.63, 3.8) is 0 Å². The molecule has 0 bridgehead atoms. The van der Waals surface area contributed by atoms with Crippen LogP contribution in [0.5, 0.6) is 0 Å². The molecule has 0 aliphatic carbocycles. The minimum atomic E-state index is -5.94. The van der Waals surface area contributed by atoms with Gasteiger partial charge in [-0.15, -0.1) is 0 Å². The first kappa shape index (κ1) is 26.7. The van der Waals surface area contributed by atoms with Crippen LogP contribution in [-0.4, -0.2) is 0 Å². The molecule has 0 aromatic rings. The molecule has 0 atom stereocenters. The first-order chi connectivity index (χ1) is 6.00. The molecule has 0 radical (unpaired) electrons. The summed E-state index contributed by atoms with van der Waals surface area (Å²) in [7, 11) is 0. The van der Waals surface area contributed by atoms with E-state index in [-0.39, 0.29) is 17.1 Å². The van der Waals surface area contributed by atoms with Gasteiger partial charge in [0.15, 0.2) is 0 Å². The molecule has 0 rings (SSSR count). The molecule has 0 fully saturated rings. The van der Waals surface area contributed by atoms with E-state index in [1.807, 2.05) is 0 Å². The molecule has 0 unspecified atom stereocenters. The first-order valence-electron chi connectivity index (χ1n) is 1.85. The molecule has 0 amide bonds. The zero-order valence-electron chi connectivity index (χ0n) is 6.33. The van der Waals surface area contributed by atoms with Crippen molar-refractivity contribution in [3.8, 4) is 0 Å². The van der Waals surface area contributed by atoms with Gasteiger partial charge in [0.05, 0.1) is 0 Å². The van der Waals surface area contributed by atoms with Crippen molar-refractivity contribution in [2.24, 2.45) is 0 Å². The minimum Gasteiger partial charge on any atom is -0.286 e. The van der Waals surface area contributed by atoms with Crippen LogP contribution in [0, 0.1) is 0 Å². The predicted molar refractivity (Wildman–Crippen MR) is 0 cm³/mol. The van der Waals surface area contributed by atoms with Crippen LogP contribution in [0.2, 0.25) is 0 Å². The largest absolute Gasteiger partial charge is 3.00 e. The van der Waals surface area contributed by atoms with Crippen LogP contribution >= 0.6 is 0 Å². The fraction of sp³-hybridized carbons (Fsp3) is 0. The van der Waals surface area contributed by atoms with Crippen molar-refractivity contribution < 1.29 is 119 Å². The maximum absolute atomic E-state index is 8.62. The molecule has 0 aliphatic rings. The van der Waals surface area contributed by atoms with Crippen LogP contribution in [0.1, 0.15) is 0 Å². The molecule has 0 aliphatic heterocycles. The Hall–Kier alpha value is 2.23. The third-order valence-electron chi connectivity index (χ3n) is 0. The van der Waals surface area contributed by atoms with E-state index in [1.54, 1.807) is 0 Å². The quantitative estimate of drug-likeness (QED) is 0.177. The maximum Gasteiger partial charge on any atom is 3.00 e. The summed E-state index contributed by atoms with van der Waals surface area (Å²) in [4.78, 5) is 0. The van der Waals surface area contributed by atoms with Crippen LogP contribution in [0.3, 0.4) is 0 Å². The van der Waals surface area contributed by atoms with Gasteiger partial charge < -0.3 is 0 Å². The number of hydrogen-bond acceptors (Lipinski definition) is 12. The van der Waals surface area contributed by atoms with E-state index < -0.39 is 60.3 Å². The SMILES string of the molecule is [Cu+3].[O-][I+3]([O-])([O-])[O-].[O-][I+3]([O-])([O-])[O-].[O-][I+3]([O-])([O-])[O-]. The van der Waals surface area contributed by atoms with E-state index >= 15 is 0 Å². The van der Waals surface area contributed by atoms with Crippen LogP contribution in [-0.2, 0) is 17.1 Å². The molecule has 0 spiro atoms. The molecule has 0 saturated heterocycles. The van der Waals surface area contributed by atoms with E-state index in [9.17, 15) is 0 Å². The molecular formula is CuI3O12. The van der Waals surface area contributed by atoms with Crippen molar-refractivity contribution >= 4 is 0 Å². The van der Waals surface area contributed by atoms with Gasteiger partial charge >= 0.3 is 17.1 Å². The van der Waals surface area contributed by atoms with Crippen molar-refractivity contribution in [2.75, 3.05) is 0 Å². The third-order valence-corrected chi connectivity index (χ3v) is 0. The van der Waals surface area contributed by atoms with E-state index in [1.165, 1.54) is 0 Å². The zero-order chi connectivity index (χ0) is 13.5. The molecule has 16 heavy (non-hydrogen) atoms. The summed E-state index contributed by atoms with van der Waals surface area (Å²) < 4.78 is 103. The van der Waals surface area contributed by atoms with E-state index in [2.05, 4.69) is 0 Å². The molecular weight excluding hydrogens is 636 g/mol. The Morgan fingerprint density at radius 3 is 0.312 bits per heavy atom. The van der Waals surface area contributed by atoms with Crippen LogP contribution in [0.25, 0.3) is 0 Å². The Labute approximate surface area is 117 Å². The standard InChI is InChI=1S/Cu.3IO4/c;3*2-1(3,4)5/q+3;3*-1. The van der Waals surface area contributed by atoms with Gasteiger partial charge in [0.1, 0.15) is 60.3 Å². The van der Waals surface area contributed by atoms with Gasteiger partial charge in [-0.25, -0.2) is 0 Å². The third kappa shape index (κ3) is 757. The topological polar surface area (TPSA) is 277 Å². The molecule has 104 valence electrons. The predicted octanol–water partition coefficient (Wildman–Crippen LogP) is -23.3. The van der Waals surface area contributed by atoms with Crippen LogP contribution < -0.4 is 102 Å². The average molecular weight is 636 g/mol. The van der Waals surface area contributed by atoms with Crippen molar-refractivity contribution in [2.45, 2.75) is 0 Å². The van der Waals surface area contributed by atoms with Crippen LogP contribution in [0.15, 0.2) is 0 Å². The van der Waals surface area contributed by atoms with Crippen LogP contribution in [0.4, 0.5) is 0 Å². The van der Waals surface area contributed by atoms with E-state index in [4.69, 9.17) is 41.2 Å². The molecule has 0 N–H and O–H groups in total. The van der Waals surface area contributed by atoms with Gasteiger partial charge in [-0.3, -0.25) is 41.2 Å². The van der Waals surface area contributed by atoms with E-state index in [0.29, 0.717) is 0 Å². The molecule has 0 aromatic heterocycles. The summed E-state index contributed by atoms with van der Waals surface area (Å²) in [5.74, 6) is 0. The fourth-order valence-corrected chi connectivity index (χ4v) is 0. The Kier molecular flexibility index (Phi) is 18.5. The van der Waals surface area contributed by atoms with Gasteiger partial charge in [-0.1, -0.05) is 0 Å². The number of halogens is 3. The molecule has 12 nitrogen and oxygen atoms in total. The van der Waals surface area contributed by atoms with Gasteiger partial charge in [0.2, 0.25) is 0 Å². The minimum absolute atomic E-state index is 0. The zero-order valence-corrected chi connectivity index (χ0v) is 13.7. The second-order valence-corrected chi connectivity index (χ2v) is 7.61. The smallest absolute Gasteiger partial charge is 0.286 e. The average Bonchev–Trinajstić information content (AvgIpc) is 1.41. The summed E-state index contributed by atoms with van der Waals surface area (Å²) in [6, 6.07) is 0. The summed E-state index contributed by atoms with van der Waals surface area (Å²) in [5, 5.41) is 0. The van der Waals surface area contributed by atoms with Crippen molar-refractivity contribution in [3.05, 3.63) is 0 Å². The number of hydrogen-bond donors (Lipinski definition) is 0. The van der Waals surface area contributed by atoms with Crippen molar-refractivity contribution in [1.29, 1.82) is 0 Å². The Morgan fingerprint density at radius 2 is 0.312 bits per heavy atom. The Balaban J connectivity index is -0.0000000655. The van der Waals surface area contributed by atoms with Gasteiger partial charge in [0.25, 0.3) is 0 Å². The van der Waals surface area contributed by atoms with Gasteiger partial charge in [0, 0.05) is 0 Å². The monoisotopic (exact) mass is 636 g/mol. The summed E-state index contributed by atoms with van der Waals surface area (Å²) in [6.45, 7) is 0.